The summed E-state index contributed by atoms with van der Waals surface area (Å²) in [5, 5.41) is 0. The first kappa shape index (κ1) is 15.2. The Morgan fingerprint density at radius 2 is 1.52 bits per heavy atom. The number of sulfonamides is 1. The minimum absolute atomic E-state index is 0.0771. The quantitative estimate of drug-likeness (QED) is 0.803. The minimum Gasteiger partial charge on any atom is -0.497 e. The van der Waals surface area contributed by atoms with Crippen molar-refractivity contribution < 1.29 is 17.9 Å². The summed E-state index contributed by atoms with van der Waals surface area (Å²) in [4.78, 5) is 11.4. The van der Waals surface area contributed by atoms with Crippen LogP contribution in [0.15, 0.2) is 56.9 Å². The highest BCUT2D eigenvalue weighted by Crippen LogP contribution is 2.21. The van der Waals surface area contributed by atoms with Crippen LogP contribution in [0.3, 0.4) is 0 Å². The molecular formula is C15H15NO4S. The topological polar surface area (TPSA) is 72.8 Å². The van der Waals surface area contributed by atoms with Gasteiger partial charge in [-0.15, -0.1) is 0 Å². The fourth-order valence-corrected chi connectivity index (χ4v) is 3.09. The largest absolute Gasteiger partial charge is 0.497 e. The van der Waals surface area contributed by atoms with Gasteiger partial charge in [0, 0.05) is 0 Å². The Balaban J connectivity index is 2.44. The van der Waals surface area contributed by atoms with Gasteiger partial charge in [-0.1, -0.05) is 0 Å². The third-order valence-corrected chi connectivity index (χ3v) is 4.32. The van der Waals surface area contributed by atoms with Crippen LogP contribution in [0.1, 0.15) is 13.8 Å². The second-order valence-electron chi connectivity index (χ2n) is 4.65. The minimum atomic E-state index is -3.83. The molecule has 0 aliphatic heterocycles. The molecule has 0 radical (unpaired) electrons. The van der Waals surface area contributed by atoms with Crippen LogP contribution in [0.2, 0.25) is 0 Å². The van der Waals surface area contributed by atoms with E-state index < -0.39 is 10.0 Å². The van der Waals surface area contributed by atoms with Gasteiger partial charge >= 0.3 is 0 Å². The summed E-state index contributed by atoms with van der Waals surface area (Å²) >= 11 is 0. The normalized spacial score (nSPS) is 15.4. The van der Waals surface area contributed by atoms with Gasteiger partial charge in [-0.2, -0.15) is 12.8 Å². The zero-order valence-corrected chi connectivity index (χ0v) is 12.8. The van der Waals surface area contributed by atoms with Crippen molar-refractivity contribution in [1.29, 1.82) is 0 Å². The van der Waals surface area contributed by atoms with Gasteiger partial charge in [-0.25, -0.2) is 0 Å². The first-order valence-corrected chi connectivity index (χ1v) is 7.68. The molecule has 0 heterocycles. The number of methoxy groups -OCH3 is 1. The average molecular weight is 305 g/mol. The van der Waals surface area contributed by atoms with Crippen molar-refractivity contribution in [3.8, 4) is 5.75 Å². The fraction of sp³-hybridized carbons (Fsp3) is 0.200. The van der Waals surface area contributed by atoms with Crippen molar-refractivity contribution in [2.75, 3.05) is 7.11 Å². The second-order valence-corrected chi connectivity index (χ2v) is 6.25. The molecule has 0 amide bonds. The Morgan fingerprint density at radius 1 is 1.00 bits per heavy atom. The maximum atomic E-state index is 12.3. The van der Waals surface area contributed by atoms with Crippen LogP contribution in [0.4, 0.5) is 0 Å². The number of hydrogen-bond donors (Lipinski definition) is 0. The Kier molecular flexibility index (Phi) is 4.09. The van der Waals surface area contributed by atoms with E-state index in [1.54, 1.807) is 26.0 Å². The molecular weight excluding hydrogens is 290 g/mol. The fourth-order valence-electron chi connectivity index (χ4n) is 1.98. The highest BCUT2D eigenvalue weighted by atomic mass is 32.2. The molecule has 110 valence electrons. The van der Waals surface area contributed by atoms with Crippen LogP contribution in [0.25, 0.3) is 0 Å². The number of ketones is 1. The van der Waals surface area contributed by atoms with Crippen molar-refractivity contribution in [2.45, 2.75) is 18.7 Å². The van der Waals surface area contributed by atoms with Gasteiger partial charge < -0.3 is 4.74 Å². The molecule has 0 atom stereocenters. The Labute approximate surface area is 123 Å². The second kappa shape index (κ2) is 5.65. The van der Waals surface area contributed by atoms with E-state index in [0.717, 1.165) is 0 Å². The SMILES string of the molecule is COc1ccc(S(=O)(=O)N=C2C(C)=CC(=O)C=C2C)cc1. The van der Waals surface area contributed by atoms with Crippen LogP contribution in [-0.4, -0.2) is 27.0 Å². The maximum absolute atomic E-state index is 12.3. The van der Waals surface area contributed by atoms with Crippen LogP contribution in [0.5, 0.6) is 5.75 Å². The molecule has 2 rings (SSSR count). The number of ether oxygens (including phenoxy) is 1. The van der Waals surface area contributed by atoms with E-state index in [2.05, 4.69) is 4.40 Å². The van der Waals surface area contributed by atoms with Crippen molar-refractivity contribution >= 4 is 21.5 Å². The van der Waals surface area contributed by atoms with Gasteiger partial charge in [0.05, 0.1) is 17.7 Å². The molecule has 6 heteroatoms. The lowest BCUT2D eigenvalue weighted by Gasteiger charge is -2.11. The number of nitrogens with zero attached hydrogens (tertiary/aromatic N) is 1. The van der Waals surface area contributed by atoms with Crippen LogP contribution >= 0.6 is 0 Å². The molecule has 5 nitrogen and oxygen atoms in total. The predicted molar refractivity (Wildman–Crippen MR) is 80.1 cm³/mol. The number of carbonyl (C=O) groups excluding carboxylic acids is 1. The number of rotatable bonds is 3. The van der Waals surface area contributed by atoms with Gasteiger partial charge in [0.2, 0.25) is 0 Å². The Morgan fingerprint density at radius 3 is 2.00 bits per heavy atom. The van der Waals surface area contributed by atoms with E-state index in [4.69, 9.17) is 4.74 Å². The summed E-state index contributed by atoms with van der Waals surface area (Å²) in [5.41, 5.74) is 1.39. The molecule has 21 heavy (non-hydrogen) atoms. The van der Waals surface area contributed by atoms with Gasteiger partial charge in [0.25, 0.3) is 10.0 Å². The first-order valence-electron chi connectivity index (χ1n) is 6.24. The van der Waals surface area contributed by atoms with E-state index in [1.165, 1.54) is 31.4 Å². The molecule has 0 saturated heterocycles. The summed E-state index contributed by atoms with van der Waals surface area (Å²) in [7, 11) is -2.32. The molecule has 0 N–H and O–H groups in total. The lowest BCUT2D eigenvalue weighted by Crippen LogP contribution is -2.13. The zero-order chi connectivity index (χ0) is 15.6. The van der Waals surface area contributed by atoms with Crippen LogP contribution in [-0.2, 0) is 14.8 Å². The molecule has 1 aromatic rings. The molecule has 1 aromatic carbocycles. The average Bonchev–Trinajstić information content (AvgIpc) is 2.43. The molecule has 0 unspecified atom stereocenters. The van der Waals surface area contributed by atoms with Crippen LogP contribution < -0.4 is 4.74 Å². The molecule has 0 aromatic heterocycles. The van der Waals surface area contributed by atoms with Crippen molar-refractivity contribution in [3.05, 3.63) is 47.6 Å². The van der Waals surface area contributed by atoms with Crippen LogP contribution in [0, 0.1) is 0 Å². The van der Waals surface area contributed by atoms with Crippen molar-refractivity contribution in [2.24, 2.45) is 4.40 Å². The van der Waals surface area contributed by atoms with E-state index in [9.17, 15) is 13.2 Å². The molecule has 1 aliphatic rings. The van der Waals surface area contributed by atoms with E-state index in [1.807, 2.05) is 0 Å². The Hall–Kier alpha value is -2.21. The highest BCUT2D eigenvalue weighted by molar-refractivity contribution is 7.90. The number of benzene rings is 1. The molecule has 0 spiro atoms. The predicted octanol–water partition coefficient (Wildman–Crippen LogP) is 2.30. The number of hydrogen-bond acceptors (Lipinski definition) is 4. The van der Waals surface area contributed by atoms with Gasteiger partial charge in [-0.3, -0.25) is 4.79 Å². The lowest BCUT2D eigenvalue weighted by molar-refractivity contribution is -0.110. The summed E-state index contributed by atoms with van der Waals surface area (Å²) in [6, 6.07) is 5.99. The first-order chi connectivity index (χ1) is 9.83. The Bertz CT molecular complexity index is 744. The van der Waals surface area contributed by atoms with E-state index in [0.29, 0.717) is 22.6 Å². The van der Waals surface area contributed by atoms with Gasteiger partial charge in [0.1, 0.15) is 5.75 Å². The third kappa shape index (κ3) is 3.28. The summed E-state index contributed by atoms with van der Waals surface area (Å²) < 4.78 is 33.5. The zero-order valence-electron chi connectivity index (χ0n) is 12.0. The molecule has 0 fully saturated rings. The van der Waals surface area contributed by atoms with Crippen molar-refractivity contribution in [1.82, 2.24) is 0 Å². The number of carbonyl (C=O) groups is 1. The maximum Gasteiger partial charge on any atom is 0.282 e. The lowest BCUT2D eigenvalue weighted by atomic mass is 9.98. The summed E-state index contributed by atoms with van der Waals surface area (Å²) in [6.07, 6.45) is 2.74. The molecule has 0 saturated carbocycles. The number of allylic oxidation sites excluding steroid dienone is 4. The van der Waals surface area contributed by atoms with E-state index in [-0.39, 0.29) is 10.7 Å². The van der Waals surface area contributed by atoms with Gasteiger partial charge in [-0.05, 0) is 61.4 Å². The van der Waals surface area contributed by atoms with Crippen molar-refractivity contribution in [3.63, 3.8) is 0 Å². The third-order valence-electron chi connectivity index (χ3n) is 3.03. The molecule has 1 aliphatic carbocycles. The summed E-state index contributed by atoms with van der Waals surface area (Å²) in [6.45, 7) is 3.33. The molecule has 0 bridgehead atoms. The van der Waals surface area contributed by atoms with E-state index >= 15 is 0 Å². The smallest absolute Gasteiger partial charge is 0.282 e. The standard InChI is InChI=1S/C15H15NO4S/c1-10-8-12(17)9-11(2)15(10)16-21(18,19)14-6-4-13(20-3)5-7-14/h4-9H,1-3H3. The van der Waals surface area contributed by atoms with Gasteiger partial charge in [0.15, 0.2) is 5.78 Å². The monoisotopic (exact) mass is 305 g/mol. The summed E-state index contributed by atoms with van der Waals surface area (Å²) in [5.74, 6) is 0.405. The highest BCUT2D eigenvalue weighted by Gasteiger charge is 2.19.